The van der Waals surface area contributed by atoms with Crippen LogP contribution in [0.3, 0.4) is 0 Å². The molecule has 4 unspecified atom stereocenters. The summed E-state index contributed by atoms with van der Waals surface area (Å²) >= 11 is 0. The van der Waals surface area contributed by atoms with Gasteiger partial charge in [0.2, 0.25) is 0 Å². The van der Waals surface area contributed by atoms with Gasteiger partial charge in [0.25, 0.3) is 0 Å². The predicted molar refractivity (Wildman–Crippen MR) is 73.0 cm³/mol. The third-order valence-corrected chi connectivity index (χ3v) is 5.90. The van der Waals surface area contributed by atoms with Crippen LogP contribution in [0.5, 0.6) is 0 Å². The van der Waals surface area contributed by atoms with E-state index in [0.29, 0.717) is 0 Å². The molecule has 3 fully saturated rings. The van der Waals surface area contributed by atoms with E-state index in [1.807, 2.05) is 0 Å². The van der Waals surface area contributed by atoms with Crippen molar-refractivity contribution in [3.8, 4) is 0 Å². The molecule has 0 spiro atoms. The summed E-state index contributed by atoms with van der Waals surface area (Å²) in [4.78, 5) is 0. The van der Waals surface area contributed by atoms with Crippen LogP contribution in [-0.2, 0) is 0 Å². The molecule has 0 amide bonds. The van der Waals surface area contributed by atoms with E-state index < -0.39 is 0 Å². The van der Waals surface area contributed by atoms with E-state index >= 15 is 0 Å². The van der Waals surface area contributed by atoms with Crippen LogP contribution in [0.2, 0.25) is 0 Å². The minimum absolute atomic E-state index is 0.786. The van der Waals surface area contributed by atoms with E-state index in [1.165, 1.54) is 64.2 Å². The summed E-state index contributed by atoms with van der Waals surface area (Å²) in [5.74, 6) is 3.17. The Labute approximate surface area is 107 Å². The number of hydrogen-bond donors (Lipinski definition) is 1. The molecule has 17 heavy (non-hydrogen) atoms. The molecule has 3 saturated carbocycles. The molecular weight excluding hydrogens is 206 g/mol. The van der Waals surface area contributed by atoms with Gasteiger partial charge in [0.05, 0.1) is 0 Å². The average Bonchev–Trinajstić information content (AvgIpc) is 2.26. The highest BCUT2D eigenvalue weighted by Gasteiger charge is 2.33. The van der Waals surface area contributed by atoms with Crippen molar-refractivity contribution in [2.24, 2.45) is 17.8 Å². The Bertz CT molecular complexity index is 244. The molecule has 0 aliphatic heterocycles. The van der Waals surface area contributed by atoms with Crippen LogP contribution >= 0.6 is 0 Å². The van der Waals surface area contributed by atoms with Crippen molar-refractivity contribution in [1.29, 1.82) is 0 Å². The summed E-state index contributed by atoms with van der Waals surface area (Å²) in [6, 6.07) is 1.64. The Kier molecular flexibility index (Phi) is 3.75. The number of nitrogens with one attached hydrogen (secondary N) is 1. The van der Waals surface area contributed by atoms with Crippen LogP contribution in [0.4, 0.5) is 0 Å². The summed E-state index contributed by atoms with van der Waals surface area (Å²) < 4.78 is 0. The molecule has 1 N–H and O–H groups in total. The molecule has 0 bridgehead atoms. The van der Waals surface area contributed by atoms with Gasteiger partial charge < -0.3 is 5.32 Å². The highest BCUT2D eigenvalue weighted by atomic mass is 15.0. The van der Waals surface area contributed by atoms with Gasteiger partial charge in [-0.15, -0.1) is 0 Å². The Morgan fingerprint density at radius 1 is 0.824 bits per heavy atom. The summed E-state index contributed by atoms with van der Waals surface area (Å²) in [5, 5.41) is 3.95. The molecular formula is C16H29N. The molecule has 3 aliphatic carbocycles. The van der Waals surface area contributed by atoms with Gasteiger partial charge in [-0.1, -0.05) is 32.1 Å². The van der Waals surface area contributed by atoms with E-state index in [0.717, 1.165) is 29.8 Å². The highest BCUT2D eigenvalue weighted by Crippen LogP contribution is 2.41. The lowest BCUT2D eigenvalue weighted by atomic mass is 9.69. The molecule has 0 aromatic carbocycles. The third-order valence-electron chi connectivity index (χ3n) is 5.90. The van der Waals surface area contributed by atoms with Crippen molar-refractivity contribution in [3.63, 3.8) is 0 Å². The average molecular weight is 235 g/mol. The van der Waals surface area contributed by atoms with E-state index in [4.69, 9.17) is 0 Å². The summed E-state index contributed by atoms with van der Waals surface area (Å²) in [7, 11) is 0. The molecule has 3 rings (SSSR count). The van der Waals surface area contributed by atoms with Crippen molar-refractivity contribution < 1.29 is 0 Å². The molecule has 0 saturated heterocycles. The van der Waals surface area contributed by atoms with E-state index in [1.54, 1.807) is 0 Å². The third kappa shape index (κ3) is 2.70. The SMILES string of the molecule is CC(NC1CCC2CCCCC2C1)C1CCC1. The number of fused-ring (bicyclic) bond motifs is 1. The fraction of sp³-hybridized carbons (Fsp3) is 1.00. The molecule has 3 aliphatic rings. The van der Waals surface area contributed by atoms with Gasteiger partial charge in [0.1, 0.15) is 0 Å². The fourth-order valence-electron chi connectivity index (χ4n) is 4.47. The van der Waals surface area contributed by atoms with Crippen LogP contribution in [-0.4, -0.2) is 12.1 Å². The first-order chi connectivity index (χ1) is 8.33. The topological polar surface area (TPSA) is 12.0 Å². The maximum atomic E-state index is 3.95. The Hall–Kier alpha value is -0.0400. The van der Waals surface area contributed by atoms with E-state index in [-0.39, 0.29) is 0 Å². The maximum absolute atomic E-state index is 3.95. The lowest BCUT2D eigenvalue weighted by Crippen LogP contribution is -2.46. The first-order valence-electron chi connectivity index (χ1n) is 8.09. The molecule has 0 radical (unpaired) electrons. The second-order valence-electron chi connectivity index (χ2n) is 6.96. The highest BCUT2D eigenvalue weighted by molar-refractivity contribution is 4.89. The molecule has 0 aromatic rings. The maximum Gasteiger partial charge on any atom is 0.00724 e. The zero-order chi connectivity index (χ0) is 11.7. The lowest BCUT2D eigenvalue weighted by molar-refractivity contribution is 0.126. The number of rotatable bonds is 3. The molecule has 0 heterocycles. The summed E-state index contributed by atoms with van der Waals surface area (Å²) in [5.41, 5.74) is 0. The Morgan fingerprint density at radius 2 is 1.59 bits per heavy atom. The van der Waals surface area contributed by atoms with Crippen molar-refractivity contribution >= 4 is 0 Å². The largest absolute Gasteiger partial charge is 0.311 e. The Balaban J connectivity index is 1.48. The van der Waals surface area contributed by atoms with Gasteiger partial charge in [0.15, 0.2) is 0 Å². The van der Waals surface area contributed by atoms with Crippen LogP contribution in [0, 0.1) is 17.8 Å². The molecule has 4 atom stereocenters. The quantitative estimate of drug-likeness (QED) is 0.776. The van der Waals surface area contributed by atoms with Crippen LogP contribution in [0.15, 0.2) is 0 Å². The van der Waals surface area contributed by atoms with Gasteiger partial charge in [0, 0.05) is 12.1 Å². The standard InChI is InChI=1S/C16H29N/c1-12(13-7-4-8-13)17-16-10-9-14-5-2-3-6-15(14)11-16/h12-17H,2-11H2,1H3. The molecule has 1 nitrogen and oxygen atoms in total. The van der Waals surface area contributed by atoms with Crippen molar-refractivity contribution in [2.45, 2.75) is 83.2 Å². The Morgan fingerprint density at radius 3 is 2.29 bits per heavy atom. The van der Waals surface area contributed by atoms with Gasteiger partial charge in [-0.25, -0.2) is 0 Å². The zero-order valence-electron chi connectivity index (χ0n) is 11.5. The predicted octanol–water partition coefficient (Wildman–Crippen LogP) is 4.12. The van der Waals surface area contributed by atoms with E-state index in [2.05, 4.69) is 12.2 Å². The van der Waals surface area contributed by atoms with Gasteiger partial charge in [-0.3, -0.25) is 0 Å². The van der Waals surface area contributed by atoms with Crippen LogP contribution < -0.4 is 5.32 Å². The van der Waals surface area contributed by atoms with Crippen LogP contribution in [0.25, 0.3) is 0 Å². The minimum atomic E-state index is 0.786. The second-order valence-corrected chi connectivity index (χ2v) is 6.96. The number of hydrogen-bond acceptors (Lipinski definition) is 1. The molecule has 0 aromatic heterocycles. The van der Waals surface area contributed by atoms with Crippen molar-refractivity contribution in [1.82, 2.24) is 5.32 Å². The lowest BCUT2D eigenvalue weighted by Gasteiger charge is -2.42. The second kappa shape index (κ2) is 5.30. The van der Waals surface area contributed by atoms with E-state index in [9.17, 15) is 0 Å². The van der Waals surface area contributed by atoms with Crippen LogP contribution in [0.1, 0.15) is 71.1 Å². The van der Waals surface area contributed by atoms with Gasteiger partial charge in [-0.2, -0.15) is 0 Å². The normalized spacial score (nSPS) is 40.4. The van der Waals surface area contributed by atoms with Gasteiger partial charge >= 0.3 is 0 Å². The van der Waals surface area contributed by atoms with Gasteiger partial charge in [-0.05, 0) is 56.8 Å². The zero-order valence-corrected chi connectivity index (χ0v) is 11.5. The minimum Gasteiger partial charge on any atom is -0.311 e. The first kappa shape index (κ1) is 12.0. The molecule has 1 heteroatoms. The van der Waals surface area contributed by atoms with Crippen molar-refractivity contribution in [3.05, 3.63) is 0 Å². The first-order valence-corrected chi connectivity index (χ1v) is 8.09. The summed E-state index contributed by atoms with van der Waals surface area (Å²) in [6.45, 7) is 2.43. The summed E-state index contributed by atoms with van der Waals surface area (Å²) in [6.07, 6.45) is 15.0. The molecule has 98 valence electrons. The monoisotopic (exact) mass is 235 g/mol. The fourth-order valence-corrected chi connectivity index (χ4v) is 4.47. The van der Waals surface area contributed by atoms with Crippen molar-refractivity contribution in [2.75, 3.05) is 0 Å². The smallest absolute Gasteiger partial charge is 0.00724 e.